The van der Waals surface area contributed by atoms with Gasteiger partial charge in [-0.25, -0.2) is 0 Å². The lowest BCUT2D eigenvalue weighted by atomic mass is 10.00. The van der Waals surface area contributed by atoms with Gasteiger partial charge in [0, 0.05) is 45.8 Å². The van der Waals surface area contributed by atoms with Crippen LogP contribution >= 0.6 is 0 Å². The minimum atomic E-state index is -0.281. The highest BCUT2D eigenvalue weighted by atomic mass is 16.3. The van der Waals surface area contributed by atoms with Gasteiger partial charge in [0.25, 0.3) is 0 Å². The van der Waals surface area contributed by atoms with Gasteiger partial charge in [0.1, 0.15) is 0 Å². The van der Waals surface area contributed by atoms with E-state index >= 15 is 0 Å². The number of carbonyl (C=O) groups is 1. The van der Waals surface area contributed by atoms with E-state index in [2.05, 4.69) is 28.0 Å². The lowest BCUT2D eigenvalue weighted by Gasteiger charge is -2.36. The lowest BCUT2D eigenvalue weighted by Crippen LogP contribution is -2.51. The van der Waals surface area contributed by atoms with Crippen LogP contribution in [0.5, 0.6) is 0 Å². The molecular formula is C18H27N3O2. The molecule has 5 heteroatoms. The van der Waals surface area contributed by atoms with Gasteiger partial charge in [0.15, 0.2) is 0 Å². The van der Waals surface area contributed by atoms with Crippen molar-refractivity contribution in [2.45, 2.75) is 26.0 Å². The molecule has 1 fully saturated rings. The number of benzene rings is 1. The maximum absolute atomic E-state index is 12.6. The van der Waals surface area contributed by atoms with Crippen LogP contribution in [0.4, 0.5) is 0 Å². The zero-order valence-corrected chi connectivity index (χ0v) is 13.9. The van der Waals surface area contributed by atoms with Crippen molar-refractivity contribution in [1.29, 1.82) is 0 Å². The van der Waals surface area contributed by atoms with Gasteiger partial charge in [-0.05, 0) is 24.5 Å². The smallest absolute Gasteiger partial charge is 0.237 e. The van der Waals surface area contributed by atoms with Crippen LogP contribution in [0.15, 0.2) is 24.3 Å². The second kappa shape index (κ2) is 7.43. The van der Waals surface area contributed by atoms with E-state index in [-0.39, 0.29) is 12.0 Å². The molecule has 2 aliphatic rings. The third kappa shape index (κ3) is 4.31. The molecule has 5 nitrogen and oxygen atoms in total. The van der Waals surface area contributed by atoms with E-state index in [9.17, 15) is 9.90 Å². The number of fused-ring (bicyclic) bond motifs is 1. The average Bonchev–Trinajstić information content (AvgIpc) is 2.55. The quantitative estimate of drug-likeness (QED) is 0.882. The molecule has 1 N–H and O–H groups in total. The first-order valence-corrected chi connectivity index (χ1v) is 8.59. The second-order valence-electron chi connectivity index (χ2n) is 6.76. The summed E-state index contributed by atoms with van der Waals surface area (Å²) < 4.78 is 0. The van der Waals surface area contributed by atoms with Crippen LogP contribution in [0, 0.1) is 0 Å². The molecule has 0 radical (unpaired) electrons. The summed E-state index contributed by atoms with van der Waals surface area (Å²) >= 11 is 0. The van der Waals surface area contributed by atoms with Gasteiger partial charge in [-0.1, -0.05) is 24.3 Å². The molecule has 0 aliphatic carbocycles. The van der Waals surface area contributed by atoms with Crippen molar-refractivity contribution >= 4 is 5.91 Å². The maximum Gasteiger partial charge on any atom is 0.237 e. The summed E-state index contributed by atoms with van der Waals surface area (Å²) in [6.07, 6.45) is 0.681. The molecule has 0 bridgehead atoms. The van der Waals surface area contributed by atoms with Crippen molar-refractivity contribution in [2.24, 2.45) is 0 Å². The number of aliphatic hydroxyl groups excluding tert-OH is 1. The molecule has 1 amide bonds. The molecule has 126 valence electrons. The van der Waals surface area contributed by atoms with Crippen molar-refractivity contribution in [1.82, 2.24) is 14.7 Å². The molecule has 3 rings (SSSR count). The van der Waals surface area contributed by atoms with E-state index in [4.69, 9.17) is 0 Å². The van der Waals surface area contributed by atoms with Gasteiger partial charge >= 0.3 is 0 Å². The molecule has 2 heterocycles. The molecule has 0 spiro atoms. The van der Waals surface area contributed by atoms with E-state index in [1.807, 2.05) is 17.9 Å². The van der Waals surface area contributed by atoms with Crippen LogP contribution in [-0.4, -0.2) is 77.6 Å². The van der Waals surface area contributed by atoms with Crippen molar-refractivity contribution < 1.29 is 9.90 Å². The SMILES string of the molecule is C[C@@H](O)CN1CCN(CC(=O)N2CCc3ccccc3C2)CC1. The molecule has 0 aromatic heterocycles. The van der Waals surface area contributed by atoms with E-state index in [1.54, 1.807) is 0 Å². The third-order valence-corrected chi connectivity index (χ3v) is 4.83. The van der Waals surface area contributed by atoms with Gasteiger partial charge < -0.3 is 10.0 Å². The van der Waals surface area contributed by atoms with Crippen LogP contribution in [0.2, 0.25) is 0 Å². The molecule has 23 heavy (non-hydrogen) atoms. The number of aliphatic hydroxyl groups is 1. The molecular weight excluding hydrogens is 290 g/mol. The summed E-state index contributed by atoms with van der Waals surface area (Å²) in [6, 6.07) is 8.42. The number of hydrogen-bond donors (Lipinski definition) is 1. The molecule has 2 aliphatic heterocycles. The minimum absolute atomic E-state index is 0.239. The van der Waals surface area contributed by atoms with E-state index in [0.29, 0.717) is 6.54 Å². The third-order valence-electron chi connectivity index (χ3n) is 4.83. The van der Waals surface area contributed by atoms with Gasteiger partial charge in [-0.2, -0.15) is 0 Å². The standard InChI is InChI=1S/C18H27N3O2/c1-15(22)12-19-8-10-20(11-9-19)14-18(23)21-7-6-16-4-2-3-5-17(16)13-21/h2-5,15,22H,6-14H2,1H3/t15-/m1/s1. The van der Waals surface area contributed by atoms with Crippen molar-refractivity contribution in [2.75, 3.05) is 45.8 Å². The number of β-amino-alcohol motifs (C(OH)–C–C–N with tert-alkyl or cyclic N) is 1. The molecule has 0 unspecified atom stereocenters. The van der Waals surface area contributed by atoms with Gasteiger partial charge in [0.2, 0.25) is 5.91 Å². The first-order chi connectivity index (χ1) is 11.1. The summed E-state index contributed by atoms with van der Waals surface area (Å²) in [5.74, 6) is 0.239. The Morgan fingerprint density at radius 3 is 2.43 bits per heavy atom. The predicted octanol–water partition coefficient (Wildman–Crippen LogP) is 0.570. The Labute approximate surface area is 138 Å². The first kappa shape index (κ1) is 16.4. The molecule has 1 saturated heterocycles. The Morgan fingerprint density at radius 2 is 1.74 bits per heavy atom. The van der Waals surface area contributed by atoms with Crippen LogP contribution in [0.3, 0.4) is 0 Å². The monoisotopic (exact) mass is 317 g/mol. The molecule has 0 saturated carbocycles. The Kier molecular flexibility index (Phi) is 5.30. The number of piperazine rings is 1. The zero-order valence-electron chi connectivity index (χ0n) is 13.9. The number of amides is 1. The van der Waals surface area contributed by atoms with Gasteiger partial charge in [-0.3, -0.25) is 14.6 Å². The fraction of sp³-hybridized carbons (Fsp3) is 0.611. The lowest BCUT2D eigenvalue weighted by molar-refractivity contribution is -0.133. The number of rotatable bonds is 4. The second-order valence-corrected chi connectivity index (χ2v) is 6.76. The Morgan fingerprint density at radius 1 is 1.09 bits per heavy atom. The molecule has 1 atom stereocenters. The largest absolute Gasteiger partial charge is 0.392 e. The normalized spacial score (nSPS) is 21.0. The highest BCUT2D eigenvalue weighted by molar-refractivity contribution is 5.78. The van der Waals surface area contributed by atoms with Crippen molar-refractivity contribution in [3.8, 4) is 0 Å². The number of carbonyl (C=O) groups excluding carboxylic acids is 1. The number of nitrogens with zero attached hydrogens (tertiary/aromatic N) is 3. The topological polar surface area (TPSA) is 47.0 Å². The summed E-state index contributed by atoms with van der Waals surface area (Å²) in [5, 5.41) is 9.45. The van der Waals surface area contributed by atoms with Crippen molar-refractivity contribution in [3.05, 3.63) is 35.4 Å². The zero-order chi connectivity index (χ0) is 16.2. The van der Waals surface area contributed by atoms with Gasteiger partial charge in [0.05, 0.1) is 12.6 Å². The molecule has 1 aromatic rings. The van der Waals surface area contributed by atoms with Crippen LogP contribution in [-0.2, 0) is 17.8 Å². The Hall–Kier alpha value is -1.43. The first-order valence-electron chi connectivity index (χ1n) is 8.59. The fourth-order valence-corrected chi connectivity index (χ4v) is 3.50. The van der Waals surface area contributed by atoms with Crippen molar-refractivity contribution in [3.63, 3.8) is 0 Å². The Balaban J connectivity index is 1.47. The van der Waals surface area contributed by atoms with Gasteiger partial charge in [-0.15, -0.1) is 0 Å². The van der Waals surface area contributed by atoms with Crippen LogP contribution in [0.25, 0.3) is 0 Å². The summed E-state index contributed by atoms with van der Waals surface area (Å²) in [6.45, 7) is 8.32. The highest BCUT2D eigenvalue weighted by Gasteiger charge is 2.24. The maximum atomic E-state index is 12.6. The predicted molar refractivity (Wildman–Crippen MR) is 90.1 cm³/mol. The summed E-state index contributed by atoms with van der Waals surface area (Å²) in [5.41, 5.74) is 2.66. The van der Waals surface area contributed by atoms with Crippen LogP contribution in [0.1, 0.15) is 18.1 Å². The highest BCUT2D eigenvalue weighted by Crippen LogP contribution is 2.18. The fourth-order valence-electron chi connectivity index (χ4n) is 3.50. The molecule has 1 aromatic carbocycles. The van der Waals surface area contributed by atoms with E-state index in [1.165, 1.54) is 11.1 Å². The van der Waals surface area contributed by atoms with E-state index in [0.717, 1.165) is 52.2 Å². The Bertz CT molecular complexity index is 539. The average molecular weight is 317 g/mol. The number of hydrogen-bond acceptors (Lipinski definition) is 4. The van der Waals surface area contributed by atoms with E-state index < -0.39 is 0 Å². The summed E-state index contributed by atoms with van der Waals surface area (Å²) in [7, 11) is 0. The van der Waals surface area contributed by atoms with Crippen LogP contribution < -0.4 is 0 Å². The summed E-state index contributed by atoms with van der Waals surface area (Å²) in [4.78, 5) is 19.1. The minimum Gasteiger partial charge on any atom is -0.392 e.